The summed E-state index contributed by atoms with van der Waals surface area (Å²) in [6.45, 7) is 0. The highest BCUT2D eigenvalue weighted by molar-refractivity contribution is 6.33. The van der Waals surface area contributed by atoms with E-state index in [0.29, 0.717) is 10.8 Å². The van der Waals surface area contributed by atoms with Crippen LogP contribution in [0.3, 0.4) is 0 Å². The summed E-state index contributed by atoms with van der Waals surface area (Å²) in [6, 6.07) is 9.80. The van der Waals surface area contributed by atoms with Gasteiger partial charge in [-0.25, -0.2) is 4.98 Å². The largest absolute Gasteiger partial charge is 0.508 e. The van der Waals surface area contributed by atoms with Gasteiger partial charge in [-0.3, -0.25) is 4.79 Å². The zero-order valence-corrected chi connectivity index (χ0v) is 10.2. The van der Waals surface area contributed by atoms with Crippen LogP contribution in [0.4, 0.5) is 5.82 Å². The molecule has 0 spiro atoms. The minimum Gasteiger partial charge on any atom is -0.508 e. The first-order valence-corrected chi connectivity index (χ1v) is 5.71. The van der Waals surface area contributed by atoms with Crippen molar-refractivity contribution in [3.05, 3.63) is 53.2 Å². The monoisotopic (exact) mass is 262 g/mol. The third-order valence-electron chi connectivity index (χ3n) is 2.32. The molecule has 2 rings (SSSR count). The van der Waals surface area contributed by atoms with Gasteiger partial charge in [0, 0.05) is 6.20 Å². The highest BCUT2D eigenvalue weighted by atomic mass is 35.5. The average Bonchev–Trinajstić information content (AvgIpc) is 2.35. The number of aromatic hydroxyl groups is 1. The molecule has 92 valence electrons. The molecule has 0 unspecified atom stereocenters. The van der Waals surface area contributed by atoms with E-state index < -0.39 is 0 Å². The second kappa shape index (κ2) is 5.51. The number of rotatable bonds is 3. The maximum Gasteiger partial charge on any atom is 0.229 e. The van der Waals surface area contributed by atoms with Crippen molar-refractivity contribution in [1.29, 1.82) is 0 Å². The predicted molar refractivity (Wildman–Crippen MR) is 69.7 cm³/mol. The summed E-state index contributed by atoms with van der Waals surface area (Å²) in [7, 11) is 0. The fourth-order valence-corrected chi connectivity index (χ4v) is 1.62. The summed E-state index contributed by atoms with van der Waals surface area (Å²) in [6.07, 6.45) is 1.76. The molecule has 4 nitrogen and oxygen atoms in total. The lowest BCUT2D eigenvalue weighted by molar-refractivity contribution is -0.115. The summed E-state index contributed by atoms with van der Waals surface area (Å²) in [5.74, 6) is 0.316. The van der Waals surface area contributed by atoms with Gasteiger partial charge in [0.2, 0.25) is 5.91 Å². The highest BCUT2D eigenvalue weighted by Crippen LogP contribution is 2.17. The average molecular weight is 263 g/mol. The van der Waals surface area contributed by atoms with Crippen LogP contribution >= 0.6 is 11.6 Å². The van der Waals surface area contributed by atoms with E-state index >= 15 is 0 Å². The Kier molecular flexibility index (Phi) is 3.79. The number of carbonyl (C=O) groups is 1. The van der Waals surface area contributed by atoms with Crippen LogP contribution in [0.25, 0.3) is 0 Å². The second-order valence-corrected chi connectivity index (χ2v) is 4.13. The van der Waals surface area contributed by atoms with Gasteiger partial charge in [0.25, 0.3) is 0 Å². The number of aromatic nitrogens is 1. The van der Waals surface area contributed by atoms with Crippen LogP contribution in [-0.2, 0) is 11.2 Å². The molecule has 0 atom stereocenters. The number of phenolic OH excluding ortho intramolecular Hbond substituents is 1. The highest BCUT2D eigenvalue weighted by Gasteiger charge is 2.07. The molecule has 1 amide bonds. The van der Waals surface area contributed by atoms with Gasteiger partial charge < -0.3 is 10.4 Å². The SMILES string of the molecule is O=C(Cc1ccc(O)cc1)Nc1ncccc1Cl. The number of benzene rings is 1. The van der Waals surface area contributed by atoms with Crippen molar-refractivity contribution >= 4 is 23.3 Å². The molecule has 0 aliphatic rings. The van der Waals surface area contributed by atoms with Gasteiger partial charge in [-0.05, 0) is 29.8 Å². The van der Waals surface area contributed by atoms with Gasteiger partial charge in [-0.2, -0.15) is 0 Å². The van der Waals surface area contributed by atoms with E-state index in [-0.39, 0.29) is 18.1 Å². The van der Waals surface area contributed by atoms with Crippen LogP contribution in [-0.4, -0.2) is 16.0 Å². The molecule has 2 aromatic rings. The summed E-state index contributed by atoms with van der Waals surface area (Å²) in [4.78, 5) is 15.7. The molecule has 0 aliphatic heterocycles. The van der Waals surface area contributed by atoms with Crippen LogP contribution in [0.2, 0.25) is 5.02 Å². The van der Waals surface area contributed by atoms with Crippen molar-refractivity contribution in [2.24, 2.45) is 0 Å². The third kappa shape index (κ3) is 3.21. The molecular formula is C13H11ClN2O2. The first kappa shape index (κ1) is 12.4. The van der Waals surface area contributed by atoms with Crippen molar-refractivity contribution in [2.75, 3.05) is 5.32 Å². The van der Waals surface area contributed by atoms with Crippen molar-refractivity contribution < 1.29 is 9.90 Å². The number of halogens is 1. The molecule has 18 heavy (non-hydrogen) atoms. The van der Waals surface area contributed by atoms with Crippen molar-refractivity contribution in [3.8, 4) is 5.75 Å². The fourth-order valence-electron chi connectivity index (χ4n) is 1.45. The predicted octanol–water partition coefficient (Wildman–Crippen LogP) is 2.62. The Bertz CT molecular complexity index is 555. The first-order valence-electron chi connectivity index (χ1n) is 5.33. The Morgan fingerprint density at radius 3 is 2.67 bits per heavy atom. The fraction of sp³-hybridized carbons (Fsp3) is 0.0769. The number of hydrogen-bond acceptors (Lipinski definition) is 3. The molecule has 0 saturated carbocycles. The molecule has 1 heterocycles. The maximum absolute atomic E-state index is 11.7. The van der Waals surface area contributed by atoms with Gasteiger partial charge in [0.05, 0.1) is 11.4 Å². The molecule has 2 N–H and O–H groups in total. The first-order chi connectivity index (χ1) is 8.65. The topological polar surface area (TPSA) is 62.2 Å². The second-order valence-electron chi connectivity index (χ2n) is 3.73. The number of phenols is 1. The van der Waals surface area contributed by atoms with E-state index in [1.165, 1.54) is 12.1 Å². The number of hydrogen-bond donors (Lipinski definition) is 2. The minimum absolute atomic E-state index is 0.173. The summed E-state index contributed by atoms with van der Waals surface area (Å²) in [5.41, 5.74) is 0.803. The Hall–Kier alpha value is -2.07. The molecule has 0 aliphatic carbocycles. The Morgan fingerprint density at radius 1 is 1.28 bits per heavy atom. The van der Waals surface area contributed by atoms with Crippen LogP contribution in [0.1, 0.15) is 5.56 Å². The number of nitrogens with one attached hydrogen (secondary N) is 1. The summed E-state index contributed by atoms with van der Waals surface area (Å²) < 4.78 is 0. The standard InChI is InChI=1S/C13H11ClN2O2/c14-11-2-1-7-15-13(11)16-12(18)8-9-3-5-10(17)6-4-9/h1-7,17H,8H2,(H,15,16,18). The van der Waals surface area contributed by atoms with E-state index in [0.717, 1.165) is 5.56 Å². The van der Waals surface area contributed by atoms with Crippen LogP contribution < -0.4 is 5.32 Å². The molecule has 0 bridgehead atoms. The molecule has 0 fully saturated rings. The number of carbonyl (C=O) groups excluding carboxylic acids is 1. The minimum atomic E-state index is -0.207. The van der Waals surface area contributed by atoms with Crippen molar-refractivity contribution in [2.45, 2.75) is 6.42 Å². The molecular weight excluding hydrogens is 252 g/mol. The molecule has 0 saturated heterocycles. The molecule has 1 aromatic heterocycles. The van der Waals surface area contributed by atoms with E-state index in [1.54, 1.807) is 30.5 Å². The number of amides is 1. The van der Waals surface area contributed by atoms with Crippen LogP contribution in [0.5, 0.6) is 5.75 Å². The van der Waals surface area contributed by atoms with Gasteiger partial charge in [0.1, 0.15) is 5.75 Å². The zero-order chi connectivity index (χ0) is 13.0. The normalized spacial score (nSPS) is 10.1. The zero-order valence-electron chi connectivity index (χ0n) is 9.43. The Morgan fingerprint density at radius 2 is 2.00 bits per heavy atom. The lowest BCUT2D eigenvalue weighted by Crippen LogP contribution is -2.15. The van der Waals surface area contributed by atoms with Crippen LogP contribution in [0.15, 0.2) is 42.6 Å². The maximum atomic E-state index is 11.7. The summed E-state index contributed by atoms with van der Waals surface area (Å²) in [5, 5.41) is 12.2. The summed E-state index contributed by atoms with van der Waals surface area (Å²) >= 11 is 5.88. The molecule has 5 heteroatoms. The van der Waals surface area contributed by atoms with E-state index in [4.69, 9.17) is 16.7 Å². The number of anilines is 1. The smallest absolute Gasteiger partial charge is 0.229 e. The third-order valence-corrected chi connectivity index (χ3v) is 2.62. The van der Waals surface area contributed by atoms with E-state index in [9.17, 15) is 4.79 Å². The van der Waals surface area contributed by atoms with E-state index in [2.05, 4.69) is 10.3 Å². The van der Waals surface area contributed by atoms with Gasteiger partial charge >= 0.3 is 0 Å². The molecule has 1 aromatic carbocycles. The van der Waals surface area contributed by atoms with Gasteiger partial charge in [-0.15, -0.1) is 0 Å². The van der Waals surface area contributed by atoms with Gasteiger partial charge in [0.15, 0.2) is 5.82 Å². The van der Waals surface area contributed by atoms with Crippen molar-refractivity contribution in [1.82, 2.24) is 4.98 Å². The Labute approximate surface area is 109 Å². The number of pyridine rings is 1. The van der Waals surface area contributed by atoms with Crippen LogP contribution in [0, 0.1) is 0 Å². The quantitative estimate of drug-likeness (QED) is 0.894. The van der Waals surface area contributed by atoms with E-state index in [1.807, 2.05) is 0 Å². The van der Waals surface area contributed by atoms with Crippen molar-refractivity contribution in [3.63, 3.8) is 0 Å². The number of nitrogens with zero attached hydrogens (tertiary/aromatic N) is 1. The lowest BCUT2D eigenvalue weighted by atomic mass is 10.1. The Balaban J connectivity index is 2.01. The molecule has 0 radical (unpaired) electrons. The van der Waals surface area contributed by atoms with Gasteiger partial charge in [-0.1, -0.05) is 23.7 Å². The lowest BCUT2D eigenvalue weighted by Gasteiger charge is -2.05.